The third-order valence-electron chi connectivity index (χ3n) is 3.88. The number of benzene rings is 1. The van der Waals surface area contributed by atoms with Crippen molar-refractivity contribution >= 4 is 41.3 Å². The fraction of sp³-hybridized carbons (Fsp3) is 0.263. The second kappa shape index (κ2) is 10.3. The Morgan fingerprint density at radius 3 is 2.81 bits per heavy atom. The maximum absolute atomic E-state index is 5.55. The van der Waals surface area contributed by atoms with E-state index in [0.717, 1.165) is 27.8 Å². The molecule has 3 aromatic rings. The SMILES string of the molecule is CN=C(NCc1coc(-c2cccs2)n1)N(C)Cc1ccccc1OC.I. The first-order valence-electron chi connectivity index (χ1n) is 8.23. The van der Waals surface area contributed by atoms with Crippen LogP contribution in [0.4, 0.5) is 0 Å². The van der Waals surface area contributed by atoms with Gasteiger partial charge >= 0.3 is 0 Å². The molecule has 0 atom stereocenters. The molecule has 0 saturated carbocycles. The smallest absolute Gasteiger partial charge is 0.236 e. The molecule has 27 heavy (non-hydrogen) atoms. The monoisotopic (exact) mass is 498 g/mol. The van der Waals surface area contributed by atoms with E-state index in [0.29, 0.717) is 19.0 Å². The second-order valence-electron chi connectivity index (χ2n) is 5.69. The molecule has 3 rings (SSSR count). The highest BCUT2D eigenvalue weighted by atomic mass is 127. The average Bonchev–Trinajstić information content (AvgIpc) is 3.34. The summed E-state index contributed by atoms with van der Waals surface area (Å²) in [5.41, 5.74) is 1.93. The summed E-state index contributed by atoms with van der Waals surface area (Å²) in [5, 5.41) is 5.32. The molecule has 1 aromatic carbocycles. The van der Waals surface area contributed by atoms with Crippen LogP contribution in [0.3, 0.4) is 0 Å². The van der Waals surface area contributed by atoms with Crippen molar-refractivity contribution in [2.24, 2.45) is 4.99 Å². The lowest BCUT2D eigenvalue weighted by Gasteiger charge is -2.22. The van der Waals surface area contributed by atoms with Crippen molar-refractivity contribution in [3.05, 3.63) is 59.3 Å². The van der Waals surface area contributed by atoms with Crippen LogP contribution < -0.4 is 10.1 Å². The van der Waals surface area contributed by atoms with E-state index < -0.39 is 0 Å². The molecule has 0 aliphatic rings. The van der Waals surface area contributed by atoms with Gasteiger partial charge in [0.05, 0.1) is 24.2 Å². The fourth-order valence-electron chi connectivity index (χ4n) is 2.62. The van der Waals surface area contributed by atoms with Gasteiger partial charge in [0.15, 0.2) is 5.96 Å². The van der Waals surface area contributed by atoms with E-state index in [1.165, 1.54) is 0 Å². The normalized spacial score (nSPS) is 11.0. The number of thiophene rings is 1. The molecule has 0 fully saturated rings. The number of guanidine groups is 1. The number of hydrogen-bond acceptors (Lipinski definition) is 5. The van der Waals surface area contributed by atoms with E-state index in [1.807, 2.05) is 53.7 Å². The Bertz CT molecular complexity index is 864. The summed E-state index contributed by atoms with van der Waals surface area (Å²) in [5.74, 6) is 2.29. The van der Waals surface area contributed by atoms with Crippen LogP contribution >= 0.6 is 35.3 Å². The summed E-state index contributed by atoms with van der Waals surface area (Å²) in [7, 11) is 5.43. The number of methoxy groups -OCH3 is 1. The summed E-state index contributed by atoms with van der Waals surface area (Å²) in [6, 6.07) is 12.0. The van der Waals surface area contributed by atoms with Gasteiger partial charge in [-0.05, 0) is 17.5 Å². The van der Waals surface area contributed by atoms with Crippen molar-refractivity contribution in [3.63, 3.8) is 0 Å². The highest BCUT2D eigenvalue weighted by Crippen LogP contribution is 2.23. The number of aliphatic imine (C=N–C) groups is 1. The summed E-state index contributed by atoms with van der Waals surface area (Å²) in [4.78, 5) is 11.9. The van der Waals surface area contributed by atoms with E-state index in [1.54, 1.807) is 31.8 Å². The predicted molar refractivity (Wildman–Crippen MR) is 120 cm³/mol. The van der Waals surface area contributed by atoms with Crippen LogP contribution in [0.15, 0.2) is 57.5 Å². The molecule has 6 nitrogen and oxygen atoms in total. The standard InChI is InChI=1S/C19H22N4O2S.HI/c1-20-19(23(2)12-14-7-4-5-8-16(14)24-3)21-11-15-13-25-18(22-15)17-9-6-10-26-17;/h4-10,13H,11-12H2,1-3H3,(H,20,21);1H. The first-order chi connectivity index (χ1) is 12.7. The number of para-hydroxylation sites is 1. The molecule has 0 saturated heterocycles. The minimum atomic E-state index is 0. The number of rotatable bonds is 6. The van der Waals surface area contributed by atoms with E-state index in [4.69, 9.17) is 9.15 Å². The topological polar surface area (TPSA) is 62.9 Å². The van der Waals surface area contributed by atoms with Crippen molar-refractivity contribution in [3.8, 4) is 16.5 Å². The zero-order chi connectivity index (χ0) is 18.4. The van der Waals surface area contributed by atoms with Crippen LogP contribution in [0.2, 0.25) is 0 Å². The van der Waals surface area contributed by atoms with Crippen molar-refractivity contribution in [2.75, 3.05) is 21.2 Å². The number of hydrogen-bond donors (Lipinski definition) is 1. The Morgan fingerprint density at radius 2 is 2.11 bits per heavy atom. The lowest BCUT2D eigenvalue weighted by molar-refractivity contribution is 0.396. The summed E-state index contributed by atoms with van der Waals surface area (Å²) >= 11 is 1.61. The van der Waals surface area contributed by atoms with Gasteiger partial charge in [0, 0.05) is 26.2 Å². The van der Waals surface area contributed by atoms with Gasteiger partial charge in [0.2, 0.25) is 5.89 Å². The van der Waals surface area contributed by atoms with Gasteiger partial charge in [0.25, 0.3) is 0 Å². The largest absolute Gasteiger partial charge is 0.496 e. The van der Waals surface area contributed by atoms with Gasteiger partial charge in [-0.3, -0.25) is 4.99 Å². The lowest BCUT2D eigenvalue weighted by atomic mass is 10.2. The molecule has 144 valence electrons. The molecule has 0 aliphatic heterocycles. The van der Waals surface area contributed by atoms with Crippen LogP contribution in [0.25, 0.3) is 10.8 Å². The molecule has 0 spiro atoms. The summed E-state index contributed by atoms with van der Waals surface area (Å²) < 4.78 is 11.0. The number of halogens is 1. The number of oxazole rings is 1. The molecule has 0 unspecified atom stereocenters. The Morgan fingerprint density at radius 1 is 1.30 bits per heavy atom. The highest BCUT2D eigenvalue weighted by Gasteiger charge is 2.12. The van der Waals surface area contributed by atoms with Crippen LogP contribution in [0.1, 0.15) is 11.3 Å². The van der Waals surface area contributed by atoms with Gasteiger partial charge in [-0.2, -0.15) is 0 Å². The van der Waals surface area contributed by atoms with E-state index in [-0.39, 0.29) is 24.0 Å². The molecule has 1 N–H and O–H groups in total. The Hall–Kier alpha value is -2.07. The fourth-order valence-corrected chi connectivity index (χ4v) is 3.28. The van der Waals surface area contributed by atoms with Crippen molar-refractivity contribution < 1.29 is 9.15 Å². The Kier molecular flexibility index (Phi) is 8.11. The zero-order valence-corrected chi connectivity index (χ0v) is 18.7. The third-order valence-corrected chi connectivity index (χ3v) is 4.74. The van der Waals surface area contributed by atoms with Crippen molar-refractivity contribution in [1.29, 1.82) is 0 Å². The maximum Gasteiger partial charge on any atom is 0.236 e. The molecule has 8 heteroatoms. The van der Waals surface area contributed by atoms with Gasteiger partial charge in [-0.25, -0.2) is 4.98 Å². The van der Waals surface area contributed by atoms with E-state index >= 15 is 0 Å². The predicted octanol–water partition coefficient (Wildman–Crippen LogP) is 4.24. The number of aromatic nitrogens is 1. The first-order valence-corrected chi connectivity index (χ1v) is 9.11. The minimum absolute atomic E-state index is 0. The second-order valence-corrected chi connectivity index (χ2v) is 6.64. The molecule has 0 radical (unpaired) electrons. The average molecular weight is 498 g/mol. The Balaban J connectivity index is 0.00000261. The Labute approximate surface area is 180 Å². The zero-order valence-electron chi connectivity index (χ0n) is 15.5. The maximum atomic E-state index is 5.55. The quantitative estimate of drug-likeness (QED) is 0.313. The highest BCUT2D eigenvalue weighted by molar-refractivity contribution is 14.0. The third kappa shape index (κ3) is 5.46. The number of nitrogens with one attached hydrogen (secondary N) is 1. The molecular weight excluding hydrogens is 475 g/mol. The first kappa shape index (κ1) is 21.2. The summed E-state index contributed by atoms with van der Waals surface area (Å²) in [6.07, 6.45) is 1.68. The number of nitrogens with zero attached hydrogens (tertiary/aromatic N) is 3. The molecule has 0 aliphatic carbocycles. The molecule has 2 heterocycles. The van der Waals surface area contributed by atoms with Crippen molar-refractivity contribution in [1.82, 2.24) is 15.2 Å². The van der Waals surface area contributed by atoms with Gasteiger partial charge in [-0.15, -0.1) is 35.3 Å². The summed E-state index contributed by atoms with van der Waals surface area (Å²) in [6.45, 7) is 1.22. The molecule has 2 aromatic heterocycles. The van der Waals surface area contributed by atoms with E-state index in [2.05, 4.69) is 15.3 Å². The van der Waals surface area contributed by atoms with Crippen LogP contribution in [0.5, 0.6) is 5.75 Å². The van der Waals surface area contributed by atoms with Crippen LogP contribution in [0, 0.1) is 0 Å². The van der Waals surface area contributed by atoms with Crippen LogP contribution in [-0.4, -0.2) is 37.0 Å². The molecular formula is C19H23IN4O2S. The van der Waals surface area contributed by atoms with Gasteiger partial charge in [0.1, 0.15) is 12.0 Å². The van der Waals surface area contributed by atoms with Gasteiger partial charge in [-0.1, -0.05) is 24.3 Å². The van der Waals surface area contributed by atoms with Crippen LogP contribution in [-0.2, 0) is 13.1 Å². The molecule has 0 bridgehead atoms. The number of ether oxygens (including phenoxy) is 1. The van der Waals surface area contributed by atoms with Gasteiger partial charge < -0.3 is 19.4 Å². The minimum Gasteiger partial charge on any atom is -0.496 e. The lowest BCUT2D eigenvalue weighted by Crippen LogP contribution is -2.38. The molecule has 0 amide bonds. The van der Waals surface area contributed by atoms with E-state index in [9.17, 15) is 0 Å². The van der Waals surface area contributed by atoms with Crippen molar-refractivity contribution in [2.45, 2.75) is 13.1 Å².